The van der Waals surface area contributed by atoms with E-state index in [0.29, 0.717) is 30.4 Å². The Hall–Kier alpha value is -3.76. The van der Waals surface area contributed by atoms with Crippen molar-refractivity contribution in [3.8, 4) is 11.5 Å². The molecule has 8 nitrogen and oxygen atoms in total. The number of hydrogen-bond acceptors (Lipinski definition) is 5. The molecular weight excluding hydrogens is 443 g/mol. The van der Waals surface area contributed by atoms with Crippen LogP contribution < -0.4 is 25.0 Å². The highest BCUT2D eigenvalue weighted by Crippen LogP contribution is 2.38. The molecule has 1 atom stereocenters. The Bertz CT molecular complexity index is 1120. The van der Waals surface area contributed by atoms with E-state index >= 15 is 0 Å². The van der Waals surface area contributed by atoms with Crippen molar-refractivity contribution in [3.05, 3.63) is 42.0 Å². The molecule has 2 aromatic rings. The zero-order chi connectivity index (χ0) is 23.8. The monoisotopic (exact) mass is 463 g/mol. The maximum absolute atomic E-state index is 13.5. The van der Waals surface area contributed by atoms with Crippen molar-refractivity contribution in [2.45, 2.75) is 19.5 Å². The van der Waals surface area contributed by atoms with Crippen molar-refractivity contribution >= 4 is 34.8 Å². The van der Waals surface area contributed by atoms with Crippen molar-refractivity contribution in [3.63, 3.8) is 0 Å². The van der Waals surface area contributed by atoms with Crippen LogP contribution in [0.2, 0.25) is 0 Å². The number of nitrogens with zero attached hydrogens (tertiary/aromatic N) is 1. The lowest BCUT2D eigenvalue weighted by atomic mass is 10.1. The summed E-state index contributed by atoms with van der Waals surface area (Å²) in [5.41, 5.74) is -1.09. The van der Waals surface area contributed by atoms with Crippen LogP contribution >= 0.6 is 0 Å². The van der Waals surface area contributed by atoms with Gasteiger partial charge in [0.15, 0.2) is 11.5 Å². The maximum atomic E-state index is 13.5. The third kappa shape index (κ3) is 4.86. The van der Waals surface area contributed by atoms with E-state index in [2.05, 4.69) is 10.6 Å². The number of ether oxygens (including phenoxy) is 2. The SMILES string of the molecule is CC(=O)Nc1ccc(NC(=O)C2CC(=O)N(c3ccc4c(c3)OCCO4)C2)c(C(F)(F)F)c1. The first-order valence-corrected chi connectivity index (χ1v) is 10.1. The van der Waals surface area contributed by atoms with Crippen molar-refractivity contribution in [1.82, 2.24) is 0 Å². The Labute approximate surface area is 186 Å². The normalized spacial score (nSPS) is 17.6. The summed E-state index contributed by atoms with van der Waals surface area (Å²) in [4.78, 5) is 37.8. The van der Waals surface area contributed by atoms with E-state index in [9.17, 15) is 27.6 Å². The molecule has 0 bridgehead atoms. The van der Waals surface area contributed by atoms with Gasteiger partial charge in [-0.3, -0.25) is 14.4 Å². The average molecular weight is 463 g/mol. The van der Waals surface area contributed by atoms with Gasteiger partial charge in [-0.1, -0.05) is 0 Å². The lowest BCUT2D eigenvalue weighted by Gasteiger charge is -2.22. The lowest BCUT2D eigenvalue weighted by molar-refractivity contribution is -0.137. The summed E-state index contributed by atoms with van der Waals surface area (Å²) in [6, 6.07) is 8.04. The van der Waals surface area contributed by atoms with E-state index in [4.69, 9.17) is 9.47 Å². The minimum absolute atomic E-state index is 0.00956. The van der Waals surface area contributed by atoms with Crippen LogP contribution in [-0.2, 0) is 20.6 Å². The molecule has 174 valence electrons. The molecule has 4 rings (SSSR count). The fraction of sp³-hybridized carbons (Fsp3) is 0.318. The number of hydrogen-bond donors (Lipinski definition) is 2. The van der Waals surface area contributed by atoms with E-state index < -0.39 is 35.2 Å². The molecule has 0 saturated carbocycles. The zero-order valence-electron chi connectivity index (χ0n) is 17.5. The zero-order valence-corrected chi connectivity index (χ0v) is 17.5. The Balaban J connectivity index is 1.50. The highest BCUT2D eigenvalue weighted by molar-refractivity contribution is 6.04. The smallest absolute Gasteiger partial charge is 0.418 e. The van der Waals surface area contributed by atoms with E-state index in [1.807, 2.05) is 0 Å². The number of amides is 3. The molecule has 1 unspecified atom stereocenters. The molecule has 0 aromatic heterocycles. The summed E-state index contributed by atoms with van der Waals surface area (Å²) in [5, 5.41) is 4.57. The topological polar surface area (TPSA) is 97.0 Å². The van der Waals surface area contributed by atoms with Gasteiger partial charge < -0.3 is 25.0 Å². The highest BCUT2D eigenvalue weighted by atomic mass is 19.4. The fourth-order valence-corrected chi connectivity index (χ4v) is 3.74. The number of anilines is 3. The predicted octanol–water partition coefficient (Wildman–Crippen LogP) is 3.43. The fourth-order valence-electron chi connectivity index (χ4n) is 3.74. The van der Waals surface area contributed by atoms with Gasteiger partial charge in [0, 0.05) is 37.3 Å². The molecule has 3 amide bonds. The Kier molecular flexibility index (Phi) is 5.88. The first-order chi connectivity index (χ1) is 15.6. The minimum atomic E-state index is -4.76. The van der Waals surface area contributed by atoms with Gasteiger partial charge in [-0.2, -0.15) is 13.2 Å². The van der Waals surface area contributed by atoms with Crippen LogP contribution in [0.1, 0.15) is 18.9 Å². The van der Waals surface area contributed by atoms with Crippen LogP contribution in [0.3, 0.4) is 0 Å². The summed E-state index contributed by atoms with van der Waals surface area (Å²) in [6.07, 6.45) is -4.91. The molecule has 1 saturated heterocycles. The second-order valence-corrected chi connectivity index (χ2v) is 7.66. The molecule has 33 heavy (non-hydrogen) atoms. The van der Waals surface area contributed by atoms with Crippen LogP contribution in [0.25, 0.3) is 0 Å². The van der Waals surface area contributed by atoms with Crippen LogP contribution in [0, 0.1) is 5.92 Å². The van der Waals surface area contributed by atoms with Crippen LogP contribution in [-0.4, -0.2) is 37.5 Å². The summed E-state index contributed by atoms with van der Waals surface area (Å²) in [7, 11) is 0. The molecule has 2 aromatic carbocycles. The van der Waals surface area contributed by atoms with Gasteiger partial charge in [0.05, 0.1) is 17.2 Å². The number of carbonyl (C=O) groups is 3. The number of carbonyl (C=O) groups excluding carboxylic acids is 3. The standard InChI is InChI=1S/C22H20F3N3O5/c1-12(29)26-14-2-4-17(16(9-14)22(23,24)25)27-21(31)13-8-20(30)28(11-13)15-3-5-18-19(10-15)33-7-6-32-18/h2-5,9-10,13H,6-8,11H2,1H3,(H,26,29)(H,27,31). The van der Waals surface area contributed by atoms with Crippen molar-refractivity contribution in [1.29, 1.82) is 0 Å². The minimum Gasteiger partial charge on any atom is -0.486 e. The number of halogens is 3. The first kappa shape index (κ1) is 22.4. The van der Waals surface area contributed by atoms with Crippen molar-refractivity contribution in [2.24, 2.45) is 5.92 Å². The second-order valence-electron chi connectivity index (χ2n) is 7.66. The highest BCUT2D eigenvalue weighted by Gasteiger charge is 2.38. The van der Waals surface area contributed by atoms with Crippen molar-refractivity contribution < 1.29 is 37.0 Å². The van der Waals surface area contributed by atoms with Gasteiger partial charge in [-0.15, -0.1) is 0 Å². The van der Waals surface area contributed by atoms with Gasteiger partial charge in [-0.25, -0.2) is 0 Å². The molecule has 2 N–H and O–H groups in total. The maximum Gasteiger partial charge on any atom is 0.418 e. The molecule has 0 aliphatic carbocycles. The van der Waals surface area contributed by atoms with Crippen LogP contribution in [0.15, 0.2) is 36.4 Å². The largest absolute Gasteiger partial charge is 0.486 e. The molecule has 0 radical (unpaired) electrons. The number of benzene rings is 2. The van der Waals surface area contributed by atoms with E-state index in [-0.39, 0.29) is 24.6 Å². The second kappa shape index (κ2) is 8.64. The van der Waals surface area contributed by atoms with E-state index in [1.165, 1.54) is 17.9 Å². The number of alkyl halides is 3. The lowest BCUT2D eigenvalue weighted by Crippen LogP contribution is -2.29. The van der Waals surface area contributed by atoms with Crippen LogP contribution in [0.5, 0.6) is 11.5 Å². The number of fused-ring (bicyclic) bond motifs is 1. The quantitative estimate of drug-likeness (QED) is 0.724. The molecular formula is C22H20F3N3O5. The molecule has 1 fully saturated rings. The third-order valence-electron chi connectivity index (χ3n) is 5.24. The Morgan fingerprint density at radius 2 is 1.76 bits per heavy atom. The molecule has 11 heteroatoms. The van der Waals surface area contributed by atoms with Gasteiger partial charge in [0.2, 0.25) is 17.7 Å². The van der Waals surface area contributed by atoms with Gasteiger partial charge >= 0.3 is 6.18 Å². The van der Waals surface area contributed by atoms with Crippen LogP contribution in [0.4, 0.5) is 30.2 Å². The molecule has 2 aliphatic heterocycles. The predicted molar refractivity (Wildman–Crippen MR) is 112 cm³/mol. The number of nitrogens with one attached hydrogen (secondary N) is 2. The molecule has 2 aliphatic rings. The van der Waals surface area contributed by atoms with E-state index in [0.717, 1.165) is 12.1 Å². The van der Waals surface area contributed by atoms with Crippen molar-refractivity contribution in [2.75, 3.05) is 35.3 Å². The Morgan fingerprint density at radius 1 is 1.03 bits per heavy atom. The van der Waals surface area contributed by atoms with Gasteiger partial charge in [0.25, 0.3) is 0 Å². The summed E-state index contributed by atoms with van der Waals surface area (Å²) < 4.78 is 51.6. The summed E-state index contributed by atoms with van der Waals surface area (Å²) >= 11 is 0. The van der Waals surface area contributed by atoms with Gasteiger partial charge in [0.1, 0.15) is 13.2 Å². The summed E-state index contributed by atoms with van der Waals surface area (Å²) in [5.74, 6) is -1.38. The Morgan fingerprint density at radius 3 is 2.45 bits per heavy atom. The van der Waals surface area contributed by atoms with E-state index in [1.54, 1.807) is 18.2 Å². The molecule has 2 heterocycles. The first-order valence-electron chi connectivity index (χ1n) is 10.1. The average Bonchev–Trinajstić information content (AvgIpc) is 3.15. The molecule has 0 spiro atoms. The summed E-state index contributed by atoms with van der Waals surface area (Å²) in [6.45, 7) is 1.98. The van der Waals surface area contributed by atoms with Gasteiger partial charge in [-0.05, 0) is 30.3 Å². The number of rotatable bonds is 4. The third-order valence-corrected chi connectivity index (χ3v) is 5.24.